The van der Waals surface area contributed by atoms with Crippen molar-refractivity contribution < 1.29 is 19.0 Å². The van der Waals surface area contributed by atoms with Crippen LogP contribution in [0.4, 0.5) is 0 Å². The smallest absolute Gasteiger partial charge is 0.344 e. The molecule has 16 heavy (non-hydrogen) atoms. The normalized spacial score (nSPS) is 9.69. The van der Waals surface area contributed by atoms with Crippen LogP contribution in [-0.2, 0) is 9.53 Å². The molecule has 0 unspecified atom stereocenters. The molecular weight excluding hydrogens is 276 g/mol. The van der Waals surface area contributed by atoms with E-state index >= 15 is 0 Å². The van der Waals surface area contributed by atoms with E-state index in [4.69, 9.17) is 14.2 Å². The summed E-state index contributed by atoms with van der Waals surface area (Å²) in [5, 5.41) is 0. The molecular formula is C11H13BrO4. The fourth-order valence-electron chi connectivity index (χ4n) is 1.10. The monoisotopic (exact) mass is 288 g/mol. The maximum absolute atomic E-state index is 11.1. The van der Waals surface area contributed by atoms with Gasteiger partial charge >= 0.3 is 5.97 Å². The van der Waals surface area contributed by atoms with E-state index in [1.807, 2.05) is 0 Å². The molecule has 1 rings (SSSR count). The lowest BCUT2D eigenvalue weighted by Gasteiger charge is -2.10. The molecule has 0 fully saturated rings. The summed E-state index contributed by atoms with van der Waals surface area (Å²) in [7, 11) is 1.56. The third kappa shape index (κ3) is 3.41. The number of ether oxygens (including phenoxy) is 3. The van der Waals surface area contributed by atoms with Crippen LogP contribution in [0.25, 0.3) is 0 Å². The Morgan fingerprint density at radius 1 is 1.38 bits per heavy atom. The number of rotatable bonds is 5. The summed E-state index contributed by atoms with van der Waals surface area (Å²) in [6.07, 6.45) is 0. The Kier molecular flexibility index (Phi) is 5.11. The molecule has 4 nitrogen and oxygen atoms in total. The van der Waals surface area contributed by atoms with E-state index in [-0.39, 0.29) is 6.61 Å². The van der Waals surface area contributed by atoms with Gasteiger partial charge in [-0.05, 0) is 35.0 Å². The van der Waals surface area contributed by atoms with E-state index in [0.29, 0.717) is 22.6 Å². The molecule has 0 aliphatic carbocycles. The summed E-state index contributed by atoms with van der Waals surface area (Å²) in [6, 6.07) is 5.32. The van der Waals surface area contributed by atoms with Crippen molar-refractivity contribution in [1.29, 1.82) is 0 Å². The summed E-state index contributed by atoms with van der Waals surface area (Å²) in [4.78, 5) is 11.1. The number of halogens is 1. The molecule has 0 aliphatic heterocycles. The molecule has 0 saturated heterocycles. The zero-order valence-electron chi connectivity index (χ0n) is 9.16. The summed E-state index contributed by atoms with van der Waals surface area (Å²) in [5.41, 5.74) is 0. The van der Waals surface area contributed by atoms with Crippen LogP contribution in [0.2, 0.25) is 0 Å². The minimum Gasteiger partial charge on any atom is -0.495 e. The Morgan fingerprint density at radius 3 is 2.69 bits per heavy atom. The molecule has 0 atom stereocenters. The number of esters is 1. The largest absolute Gasteiger partial charge is 0.495 e. The molecule has 1 aromatic carbocycles. The predicted octanol–water partition coefficient (Wildman–Crippen LogP) is 2.40. The Morgan fingerprint density at radius 2 is 2.06 bits per heavy atom. The molecule has 5 heteroatoms. The van der Waals surface area contributed by atoms with Crippen molar-refractivity contribution in [3.05, 3.63) is 22.7 Å². The molecule has 0 aromatic heterocycles. The minimum atomic E-state index is -0.391. The number of methoxy groups -OCH3 is 1. The average Bonchev–Trinajstić information content (AvgIpc) is 2.28. The molecule has 88 valence electrons. The van der Waals surface area contributed by atoms with Crippen molar-refractivity contribution in [1.82, 2.24) is 0 Å². The first-order chi connectivity index (χ1) is 7.69. The van der Waals surface area contributed by atoms with Crippen LogP contribution in [0.15, 0.2) is 22.7 Å². The van der Waals surface area contributed by atoms with Gasteiger partial charge in [-0.3, -0.25) is 0 Å². The van der Waals surface area contributed by atoms with Crippen molar-refractivity contribution in [2.75, 3.05) is 20.3 Å². The van der Waals surface area contributed by atoms with Crippen molar-refractivity contribution in [2.45, 2.75) is 6.92 Å². The first-order valence-corrected chi connectivity index (χ1v) is 5.59. The van der Waals surface area contributed by atoms with Gasteiger partial charge in [0.25, 0.3) is 0 Å². The third-order valence-electron chi connectivity index (χ3n) is 1.80. The Hall–Kier alpha value is -1.23. The van der Waals surface area contributed by atoms with Crippen LogP contribution in [0.5, 0.6) is 11.5 Å². The Balaban J connectivity index is 2.63. The SMILES string of the molecule is CCOC(=O)COc1cccc(OC)c1Br. The molecule has 0 spiro atoms. The van der Waals surface area contributed by atoms with Crippen LogP contribution < -0.4 is 9.47 Å². The quantitative estimate of drug-likeness (QED) is 0.781. The molecule has 0 N–H and O–H groups in total. The molecule has 0 heterocycles. The lowest BCUT2D eigenvalue weighted by atomic mass is 10.3. The van der Waals surface area contributed by atoms with Gasteiger partial charge in [-0.2, -0.15) is 0 Å². The predicted molar refractivity (Wildman–Crippen MR) is 62.8 cm³/mol. The van der Waals surface area contributed by atoms with Crippen molar-refractivity contribution in [2.24, 2.45) is 0 Å². The maximum Gasteiger partial charge on any atom is 0.344 e. The van der Waals surface area contributed by atoms with E-state index in [1.54, 1.807) is 32.2 Å². The van der Waals surface area contributed by atoms with Crippen LogP contribution in [0.3, 0.4) is 0 Å². The second-order valence-corrected chi connectivity index (χ2v) is 3.66. The highest BCUT2D eigenvalue weighted by molar-refractivity contribution is 9.10. The highest BCUT2D eigenvalue weighted by Gasteiger charge is 2.09. The average molecular weight is 289 g/mol. The fourth-order valence-corrected chi connectivity index (χ4v) is 1.64. The Bertz CT molecular complexity index is 365. The van der Waals surface area contributed by atoms with E-state index in [2.05, 4.69) is 15.9 Å². The van der Waals surface area contributed by atoms with Crippen LogP contribution in [-0.4, -0.2) is 26.3 Å². The number of carbonyl (C=O) groups is 1. The second-order valence-electron chi connectivity index (χ2n) is 2.87. The van der Waals surface area contributed by atoms with Gasteiger partial charge in [0.05, 0.1) is 13.7 Å². The zero-order valence-corrected chi connectivity index (χ0v) is 10.7. The van der Waals surface area contributed by atoms with Crippen molar-refractivity contribution in [3.8, 4) is 11.5 Å². The van der Waals surface area contributed by atoms with Gasteiger partial charge in [-0.15, -0.1) is 0 Å². The zero-order chi connectivity index (χ0) is 12.0. The molecule has 0 radical (unpaired) electrons. The lowest BCUT2D eigenvalue weighted by molar-refractivity contribution is -0.145. The highest BCUT2D eigenvalue weighted by Crippen LogP contribution is 2.33. The first-order valence-electron chi connectivity index (χ1n) is 4.80. The van der Waals surface area contributed by atoms with Crippen LogP contribution in [0.1, 0.15) is 6.92 Å². The van der Waals surface area contributed by atoms with Gasteiger partial charge in [0.2, 0.25) is 0 Å². The van der Waals surface area contributed by atoms with E-state index in [1.165, 1.54) is 0 Å². The first kappa shape index (κ1) is 12.8. The summed E-state index contributed by atoms with van der Waals surface area (Å²) in [5.74, 6) is 0.811. The topological polar surface area (TPSA) is 44.8 Å². The van der Waals surface area contributed by atoms with Gasteiger partial charge in [-0.25, -0.2) is 4.79 Å². The number of hydrogen-bond acceptors (Lipinski definition) is 4. The van der Waals surface area contributed by atoms with E-state index < -0.39 is 5.97 Å². The van der Waals surface area contributed by atoms with Crippen LogP contribution in [0, 0.1) is 0 Å². The lowest BCUT2D eigenvalue weighted by Crippen LogP contribution is -2.14. The van der Waals surface area contributed by atoms with E-state index in [0.717, 1.165) is 0 Å². The fraction of sp³-hybridized carbons (Fsp3) is 0.364. The third-order valence-corrected chi connectivity index (χ3v) is 2.58. The summed E-state index contributed by atoms with van der Waals surface area (Å²) < 4.78 is 15.8. The number of carbonyl (C=O) groups excluding carboxylic acids is 1. The highest BCUT2D eigenvalue weighted by atomic mass is 79.9. The summed E-state index contributed by atoms with van der Waals surface area (Å²) in [6.45, 7) is 1.99. The molecule has 0 aliphatic rings. The Labute approximate surface area is 103 Å². The standard InChI is InChI=1S/C11H13BrO4/c1-3-15-10(13)7-16-9-6-4-5-8(14-2)11(9)12/h4-6H,3,7H2,1-2H3. The number of benzene rings is 1. The van der Waals surface area contributed by atoms with Gasteiger partial charge in [0.15, 0.2) is 6.61 Å². The minimum absolute atomic E-state index is 0.112. The van der Waals surface area contributed by atoms with E-state index in [9.17, 15) is 4.79 Å². The molecule has 0 saturated carbocycles. The molecule has 0 amide bonds. The van der Waals surface area contributed by atoms with Gasteiger partial charge in [0.1, 0.15) is 16.0 Å². The van der Waals surface area contributed by atoms with Gasteiger partial charge < -0.3 is 14.2 Å². The van der Waals surface area contributed by atoms with Crippen molar-refractivity contribution in [3.63, 3.8) is 0 Å². The maximum atomic E-state index is 11.1. The van der Waals surface area contributed by atoms with Crippen molar-refractivity contribution >= 4 is 21.9 Å². The second kappa shape index (κ2) is 6.37. The van der Waals surface area contributed by atoms with Crippen LogP contribution >= 0.6 is 15.9 Å². The number of hydrogen-bond donors (Lipinski definition) is 0. The summed E-state index contributed by atoms with van der Waals surface area (Å²) >= 11 is 3.33. The molecule has 1 aromatic rings. The van der Waals surface area contributed by atoms with Gasteiger partial charge in [-0.1, -0.05) is 6.07 Å². The molecule has 0 bridgehead atoms. The van der Waals surface area contributed by atoms with Gasteiger partial charge in [0, 0.05) is 0 Å².